The molecule has 27 heavy (non-hydrogen) atoms. The smallest absolute Gasteiger partial charge is 0.338 e. The zero-order chi connectivity index (χ0) is 18.4. The summed E-state index contributed by atoms with van der Waals surface area (Å²) in [4.78, 5) is 11.7. The minimum atomic E-state index is -0.307. The van der Waals surface area contributed by atoms with Gasteiger partial charge < -0.3 is 14.5 Å². The molecule has 0 aliphatic heterocycles. The summed E-state index contributed by atoms with van der Waals surface area (Å²) in [6.45, 7) is 4.95. The van der Waals surface area contributed by atoms with Crippen molar-refractivity contribution in [1.29, 1.82) is 0 Å². The normalized spacial score (nSPS) is 11.5. The lowest BCUT2D eigenvalue weighted by atomic mass is 10.1. The van der Waals surface area contributed by atoms with Crippen LogP contribution in [0.25, 0.3) is 11.3 Å². The molecule has 0 fully saturated rings. The minimum Gasteiger partial charge on any atom is -0.462 e. The second-order valence-corrected chi connectivity index (χ2v) is 6.08. The molecule has 5 heteroatoms. The van der Waals surface area contributed by atoms with E-state index in [1.807, 2.05) is 42.5 Å². The summed E-state index contributed by atoms with van der Waals surface area (Å²) in [7, 11) is 0. The molecular formula is C22H24ClNO3. The van der Waals surface area contributed by atoms with Crippen LogP contribution in [0.15, 0.2) is 71.1 Å². The monoisotopic (exact) mass is 385 g/mol. The fraction of sp³-hybridized carbons (Fsp3) is 0.227. The maximum Gasteiger partial charge on any atom is 0.338 e. The van der Waals surface area contributed by atoms with Crippen molar-refractivity contribution >= 4 is 18.4 Å². The lowest BCUT2D eigenvalue weighted by Gasteiger charge is -2.12. The molecule has 142 valence electrons. The van der Waals surface area contributed by atoms with E-state index in [9.17, 15) is 4.79 Å². The molecular weight excluding hydrogens is 362 g/mol. The molecule has 0 aliphatic carbocycles. The lowest BCUT2D eigenvalue weighted by molar-refractivity contribution is 0.0526. The molecule has 0 saturated heterocycles. The standard InChI is InChI=1S/C22H23NO3.ClH/c1-3-25-22(24)19-11-9-18(10-12-19)21-14-13-20(26-21)15-23-16(2)17-7-5-4-6-8-17;/h4-14,16,23H,3,15H2,1-2H3;1H. The maximum atomic E-state index is 11.7. The molecule has 3 aromatic rings. The molecule has 0 amide bonds. The van der Waals surface area contributed by atoms with Gasteiger partial charge in [0, 0.05) is 11.6 Å². The zero-order valence-electron chi connectivity index (χ0n) is 15.5. The molecule has 1 N–H and O–H groups in total. The topological polar surface area (TPSA) is 51.5 Å². The quantitative estimate of drug-likeness (QED) is 0.553. The summed E-state index contributed by atoms with van der Waals surface area (Å²) < 4.78 is 10.9. The van der Waals surface area contributed by atoms with Gasteiger partial charge in [0.15, 0.2) is 0 Å². The van der Waals surface area contributed by atoms with Crippen molar-refractivity contribution in [3.05, 3.63) is 83.6 Å². The van der Waals surface area contributed by atoms with Gasteiger partial charge in [0.25, 0.3) is 0 Å². The molecule has 1 atom stereocenters. The maximum absolute atomic E-state index is 11.7. The van der Waals surface area contributed by atoms with Crippen LogP contribution in [0, 0.1) is 0 Å². The summed E-state index contributed by atoms with van der Waals surface area (Å²) in [6, 6.07) is 21.7. The number of hydrogen-bond donors (Lipinski definition) is 1. The molecule has 3 rings (SSSR count). The first kappa shape index (κ1) is 20.7. The van der Waals surface area contributed by atoms with Gasteiger partial charge in [-0.25, -0.2) is 4.79 Å². The first-order valence-electron chi connectivity index (χ1n) is 8.82. The Hall–Kier alpha value is -2.56. The van der Waals surface area contributed by atoms with Crippen molar-refractivity contribution < 1.29 is 13.9 Å². The summed E-state index contributed by atoms with van der Waals surface area (Å²) in [5.41, 5.74) is 2.72. The second kappa shape index (κ2) is 9.95. The van der Waals surface area contributed by atoms with Crippen molar-refractivity contribution in [2.24, 2.45) is 0 Å². The van der Waals surface area contributed by atoms with E-state index in [-0.39, 0.29) is 24.4 Å². The van der Waals surface area contributed by atoms with Gasteiger partial charge in [-0.15, -0.1) is 12.4 Å². The van der Waals surface area contributed by atoms with E-state index in [0.29, 0.717) is 18.7 Å². The summed E-state index contributed by atoms with van der Waals surface area (Å²) in [5.74, 6) is 1.35. The van der Waals surface area contributed by atoms with E-state index in [4.69, 9.17) is 9.15 Å². The number of carbonyl (C=O) groups excluding carboxylic acids is 1. The van der Waals surface area contributed by atoms with Gasteiger partial charge in [-0.05, 0) is 43.7 Å². The molecule has 1 unspecified atom stereocenters. The van der Waals surface area contributed by atoms with Crippen molar-refractivity contribution in [3.8, 4) is 11.3 Å². The zero-order valence-corrected chi connectivity index (χ0v) is 16.3. The van der Waals surface area contributed by atoms with Gasteiger partial charge in [-0.3, -0.25) is 0 Å². The van der Waals surface area contributed by atoms with Crippen LogP contribution >= 0.6 is 12.4 Å². The van der Waals surface area contributed by atoms with Gasteiger partial charge in [-0.1, -0.05) is 42.5 Å². The van der Waals surface area contributed by atoms with Gasteiger partial charge in [-0.2, -0.15) is 0 Å². The SMILES string of the molecule is CCOC(=O)c1ccc(-c2ccc(CNC(C)c3ccccc3)o2)cc1.Cl. The van der Waals surface area contributed by atoms with Gasteiger partial charge >= 0.3 is 5.97 Å². The predicted molar refractivity (Wildman–Crippen MR) is 109 cm³/mol. The minimum absolute atomic E-state index is 0. The summed E-state index contributed by atoms with van der Waals surface area (Å²) >= 11 is 0. The van der Waals surface area contributed by atoms with Crippen LogP contribution in [0.4, 0.5) is 0 Å². The largest absolute Gasteiger partial charge is 0.462 e. The van der Waals surface area contributed by atoms with E-state index in [0.717, 1.165) is 17.1 Å². The van der Waals surface area contributed by atoms with E-state index in [1.54, 1.807) is 19.1 Å². The fourth-order valence-corrected chi connectivity index (χ4v) is 2.73. The van der Waals surface area contributed by atoms with Crippen LogP contribution in [0.1, 0.15) is 41.6 Å². The van der Waals surface area contributed by atoms with E-state index in [1.165, 1.54) is 5.56 Å². The third-order valence-corrected chi connectivity index (χ3v) is 4.22. The molecule has 0 bridgehead atoms. The summed E-state index contributed by atoms with van der Waals surface area (Å²) in [5, 5.41) is 3.46. The number of esters is 1. The number of furan rings is 1. The van der Waals surface area contributed by atoms with E-state index in [2.05, 4.69) is 24.4 Å². The van der Waals surface area contributed by atoms with Crippen LogP contribution in [0.3, 0.4) is 0 Å². The Morgan fingerprint density at radius 1 is 1.04 bits per heavy atom. The number of halogens is 1. The van der Waals surface area contributed by atoms with Crippen LogP contribution in [0.5, 0.6) is 0 Å². The molecule has 4 nitrogen and oxygen atoms in total. The first-order valence-corrected chi connectivity index (χ1v) is 8.82. The summed E-state index contributed by atoms with van der Waals surface area (Å²) in [6.07, 6.45) is 0. The highest BCUT2D eigenvalue weighted by molar-refractivity contribution is 5.89. The van der Waals surface area contributed by atoms with Gasteiger partial charge in [0.05, 0.1) is 18.7 Å². The van der Waals surface area contributed by atoms with Crippen molar-refractivity contribution in [2.45, 2.75) is 26.4 Å². The molecule has 0 aliphatic rings. The Morgan fingerprint density at radius 2 is 1.74 bits per heavy atom. The highest BCUT2D eigenvalue weighted by Gasteiger charge is 2.10. The third-order valence-electron chi connectivity index (χ3n) is 4.22. The Kier molecular flexibility index (Phi) is 7.65. The first-order chi connectivity index (χ1) is 12.7. The number of hydrogen-bond acceptors (Lipinski definition) is 4. The van der Waals surface area contributed by atoms with Crippen LogP contribution in [-0.2, 0) is 11.3 Å². The number of nitrogens with one attached hydrogen (secondary N) is 1. The Labute approximate surface area is 166 Å². The Balaban J connectivity index is 0.00000261. The number of ether oxygens (including phenoxy) is 1. The van der Waals surface area contributed by atoms with Crippen molar-refractivity contribution in [2.75, 3.05) is 6.61 Å². The van der Waals surface area contributed by atoms with Gasteiger partial charge in [0.1, 0.15) is 11.5 Å². The van der Waals surface area contributed by atoms with E-state index < -0.39 is 0 Å². The van der Waals surface area contributed by atoms with Crippen LogP contribution in [-0.4, -0.2) is 12.6 Å². The Bertz CT molecular complexity index is 844. The molecule has 0 saturated carbocycles. The number of rotatable bonds is 7. The van der Waals surface area contributed by atoms with Crippen molar-refractivity contribution in [1.82, 2.24) is 5.32 Å². The van der Waals surface area contributed by atoms with E-state index >= 15 is 0 Å². The number of benzene rings is 2. The van der Waals surface area contributed by atoms with Crippen LogP contribution in [0.2, 0.25) is 0 Å². The molecule has 2 aromatic carbocycles. The highest BCUT2D eigenvalue weighted by Crippen LogP contribution is 2.23. The highest BCUT2D eigenvalue weighted by atomic mass is 35.5. The Morgan fingerprint density at radius 3 is 2.41 bits per heavy atom. The molecule has 0 spiro atoms. The molecule has 1 aromatic heterocycles. The van der Waals surface area contributed by atoms with Gasteiger partial charge in [0.2, 0.25) is 0 Å². The average molecular weight is 386 g/mol. The lowest BCUT2D eigenvalue weighted by Crippen LogP contribution is -2.17. The number of carbonyl (C=O) groups is 1. The van der Waals surface area contributed by atoms with Crippen LogP contribution < -0.4 is 5.32 Å². The fourth-order valence-electron chi connectivity index (χ4n) is 2.73. The molecule has 1 heterocycles. The second-order valence-electron chi connectivity index (χ2n) is 6.08. The average Bonchev–Trinajstić information content (AvgIpc) is 3.16. The third kappa shape index (κ3) is 5.46. The van der Waals surface area contributed by atoms with Crippen molar-refractivity contribution in [3.63, 3.8) is 0 Å². The predicted octanol–water partition coefficient (Wildman–Crippen LogP) is 5.40. The molecule has 0 radical (unpaired) electrons.